The zero-order valence-corrected chi connectivity index (χ0v) is 17.0. The Hall–Kier alpha value is -2.50. The maximum Gasteiger partial charge on any atom is 0.263 e. The molecule has 0 bridgehead atoms. The number of ether oxygens (including phenoxy) is 1. The zero-order valence-electron chi connectivity index (χ0n) is 17.0. The smallest absolute Gasteiger partial charge is 0.263 e. The number of hydrogen-bond donors (Lipinski definition) is 3. The Morgan fingerprint density at radius 1 is 1.22 bits per heavy atom. The fraction of sp³-hybridized carbons (Fsp3) is 0.524. The molecule has 1 aliphatic heterocycles. The van der Waals surface area contributed by atoms with Crippen molar-refractivity contribution in [2.45, 2.75) is 66.4 Å². The van der Waals surface area contributed by atoms with Crippen molar-refractivity contribution in [2.75, 3.05) is 6.54 Å². The standard InChI is InChI=1S/C21H29N3O3/c1-11-12(2)19-16(13(3)18(11)25)7-9-21(6,27-19)20(26)22-10-8-17-14(4)23-24-15(17)5/h25H,7-10H2,1-6H3,(H,22,26)(H,23,24)/t21-/m0/s1. The van der Waals surface area contributed by atoms with Crippen LogP contribution in [0.4, 0.5) is 0 Å². The van der Waals surface area contributed by atoms with Gasteiger partial charge in [0.15, 0.2) is 5.60 Å². The third-order valence-electron chi connectivity index (χ3n) is 5.94. The summed E-state index contributed by atoms with van der Waals surface area (Å²) < 4.78 is 6.22. The van der Waals surface area contributed by atoms with Gasteiger partial charge < -0.3 is 15.2 Å². The number of phenolic OH excluding ortho intramolecular Hbond substituents is 1. The molecule has 2 aromatic rings. The third-order valence-corrected chi connectivity index (χ3v) is 5.94. The van der Waals surface area contributed by atoms with Gasteiger partial charge in [0.2, 0.25) is 0 Å². The van der Waals surface area contributed by atoms with Crippen LogP contribution in [0.2, 0.25) is 0 Å². The summed E-state index contributed by atoms with van der Waals surface area (Å²) in [4.78, 5) is 12.9. The predicted octanol–water partition coefficient (Wildman–Crippen LogP) is 3.10. The molecule has 27 heavy (non-hydrogen) atoms. The number of rotatable bonds is 4. The lowest BCUT2D eigenvalue weighted by molar-refractivity contribution is -0.136. The Balaban J connectivity index is 1.73. The number of aromatic nitrogens is 2. The Morgan fingerprint density at radius 2 is 1.93 bits per heavy atom. The van der Waals surface area contributed by atoms with E-state index in [1.165, 1.54) is 0 Å². The minimum absolute atomic E-state index is 0.102. The van der Waals surface area contributed by atoms with Crippen LogP contribution in [0, 0.1) is 34.6 Å². The van der Waals surface area contributed by atoms with Crippen molar-refractivity contribution >= 4 is 5.91 Å². The summed E-state index contributed by atoms with van der Waals surface area (Å²) >= 11 is 0. The van der Waals surface area contributed by atoms with Crippen molar-refractivity contribution in [2.24, 2.45) is 0 Å². The first kappa shape index (κ1) is 19.3. The number of benzene rings is 1. The Labute approximate surface area is 160 Å². The maximum atomic E-state index is 12.9. The largest absolute Gasteiger partial charge is 0.507 e. The van der Waals surface area contributed by atoms with Crippen LogP contribution >= 0.6 is 0 Å². The molecule has 146 valence electrons. The van der Waals surface area contributed by atoms with Crippen LogP contribution in [0.3, 0.4) is 0 Å². The molecule has 0 radical (unpaired) electrons. The number of aromatic amines is 1. The molecule has 1 atom stereocenters. The molecule has 3 rings (SSSR count). The number of carbonyl (C=O) groups excluding carboxylic acids is 1. The topological polar surface area (TPSA) is 87.2 Å². The van der Waals surface area contributed by atoms with E-state index in [0.29, 0.717) is 25.1 Å². The van der Waals surface area contributed by atoms with E-state index >= 15 is 0 Å². The summed E-state index contributed by atoms with van der Waals surface area (Å²) in [6, 6.07) is 0. The number of hydrogen-bond acceptors (Lipinski definition) is 4. The number of fused-ring (bicyclic) bond motifs is 1. The van der Waals surface area contributed by atoms with Crippen molar-refractivity contribution in [1.82, 2.24) is 15.5 Å². The van der Waals surface area contributed by atoms with Gasteiger partial charge in [-0.15, -0.1) is 0 Å². The Bertz CT molecular complexity index is 881. The number of carbonyl (C=O) groups is 1. The molecular formula is C21H29N3O3. The first-order valence-corrected chi connectivity index (χ1v) is 9.45. The predicted molar refractivity (Wildman–Crippen MR) is 104 cm³/mol. The first-order chi connectivity index (χ1) is 12.7. The molecule has 0 fully saturated rings. The summed E-state index contributed by atoms with van der Waals surface area (Å²) in [5.41, 5.74) is 5.81. The van der Waals surface area contributed by atoms with Gasteiger partial charge in [-0.2, -0.15) is 5.10 Å². The lowest BCUT2D eigenvalue weighted by atomic mass is 9.86. The molecule has 1 aromatic carbocycles. The van der Waals surface area contributed by atoms with Crippen LogP contribution in [0.5, 0.6) is 11.5 Å². The van der Waals surface area contributed by atoms with Crippen molar-refractivity contribution < 1.29 is 14.6 Å². The highest BCUT2D eigenvalue weighted by atomic mass is 16.5. The molecule has 2 heterocycles. The van der Waals surface area contributed by atoms with Gasteiger partial charge in [0.05, 0.1) is 5.69 Å². The van der Waals surface area contributed by atoms with Crippen molar-refractivity contribution in [3.05, 3.63) is 39.2 Å². The Kier molecular flexibility index (Phi) is 4.93. The number of aromatic hydroxyl groups is 1. The first-order valence-electron chi connectivity index (χ1n) is 9.45. The normalized spacial score (nSPS) is 18.7. The molecule has 0 aliphatic carbocycles. The van der Waals surface area contributed by atoms with Gasteiger partial charge in [-0.05, 0) is 76.6 Å². The molecule has 0 saturated carbocycles. The molecule has 0 spiro atoms. The highest BCUT2D eigenvalue weighted by Gasteiger charge is 2.40. The van der Waals surface area contributed by atoms with Gasteiger partial charge in [-0.1, -0.05) is 0 Å². The van der Waals surface area contributed by atoms with E-state index in [2.05, 4.69) is 15.5 Å². The van der Waals surface area contributed by atoms with Gasteiger partial charge in [0, 0.05) is 24.2 Å². The summed E-state index contributed by atoms with van der Waals surface area (Å²) in [5.74, 6) is 0.969. The number of amides is 1. The molecule has 1 aliphatic rings. The van der Waals surface area contributed by atoms with Crippen molar-refractivity contribution in [3.8, 4) is 11.5 Å². The van der Waals surface area contributed by atoms with Crippen molar-refractivity contribution in [1.29, 1.82) is 0 Å². The third kappa shape index (κ3) is 3.29. The lowest BCUT2D eigenvalue weighted by Gasteiger charge is -2.36. The highest BCUT2D eigenvalue weighted by molar-refractivity contribution is 5.85. The van der Waals surface area contributed by atoms with Crippen LogP contribution < -0.4 is 10.1 Å². The van der Waals surface area contributed by atoms with Crippen LogP contribution in [0.15, 0.2) is 0 Å². The number of nitrogens with zero attached hydrogens (tertiary/aromatic N) is 1. The van der Waals surface area contributed by atoms with E-state index in [1.54, 1.807) is 0 Å². The maximum absolute atomic E-state index is 12.9. The molecule has 1 aromatic heterocycles. The van der Waals surface area contributed by atoms with Gasteiger partial charge >= 0.3 is 0 Å². The number of nitrogens with one attached hydrogen (secondary N) is 2. The van der Waals surface area contributed by atoms with E-state index in [-0.39, 0.29) is 5.91 Å². The molecule has 3 N–H and O–H groups in total. The number of aryl methyl sites for hydroxylation is 2. The molecule has 6 nitrogen and oxygen atoms in total. The zero-order chi connectivity index (χ0) is 19.9. The molecule has 0 unspecified atom stereocenters. The second-order valence-corrected chi connectivity index (χ2v) is 7.78. The molecule has 1 amide bonds. The molecule has 6 heteroatoms. The van der Waals surface area contributed by atoms with E-state index in [1.807, 2.05) is 41.5 Å². The summed E-state index contributed by atoms with van der Waals surface area (Å²) in [7, 11) is 0. The Morgan fingerprint density at radius 3 is 2.56 bits per heavy atom. The van der Waals surface area contributed by atoms with Gasteiger partial charge in [-0.25, -0.2) is 0 Å². The number of phenols is 1. The van der Waals surface area contributed by atoms with Gasteiger partial charge in [0.25, 0.3) is 5.91 Å². The average Bonchev–Trinajstić information content (AvgIpc) is 2.96. The van der Waals surface area contributed by atoms with E-state index in [9.17, 15) is 9.90 Å². The molecular weight excluding hydrogens is 342 g/mol. The van der Waals surface area contributed by atoms with Crippen molar-refractivity contribution in [3.63, 3.8) is 0 Å². The summed E-state index contributed by atoms with van der Waals surface area (Å²) in [6.07, 6.45) is 2.02. The van der Waals surface area contributed by atoms with Crippen LogP contribution in [0.1, 0.15) is 52.5 Å². The quantitative estimate of drug-likeness (QED) is 0.771. The lowest BCUT2D eigenvalue weighted by Crippen LogP contribution is -2.51. The van der Waals surface area contributed by atoms with Crippen LogP contribution in [-0.2, 0) is 17.6 Å². The van der Waals surface area contributed by atoms with Gasteiger partial charge in [0.1, 0.15) is 11.5 Å². The van der Waals surface area contributed by atoms with Crippen LogP contribution in [0.25, 0.3) is 0 Å². The van der Waals surface area contributed by atoms with Gasteiger partial charge in [-0.3, -0.25) is 9.89 Å². The fourth-order valence-electron chi connectivity index (χ4n) is 3.84. The van der Waals surface area contributed by atoms with Crippen LogP contribution in [-0.4, -0.2) is 33.4 Å². The SMILES string of the molecule is Cc1n[nH]c(C)c1CCNC(=O)[C@]1(C)CCc2c(C)c(O)c(C)c(C)c2O1. The minimum Gasteiger partial charge on any atom is -0.507 e. The molecule has 0 saturated heterocycles. The van der Waals surface area contributed by atoms with E-state index in [4.69, 9.17) is 4.74 Å². The second kappa shape index (κ2) is 6.91. The fourth-order valence-corrected chi connectivity index (χ4v) is 3.84. The second-order valence-electron chi connectivity index (χ2n) is 7.78. The monoisotopic (exact) mass is 371 g/mol. The number of H-pyrrole nitrogens is 1. The summed E-state index contributed by atoms with van der Waals surface area (Å²) in [5, 5.41) is 20.5. The summed E-state index contributed by atoms with van der Waals surface area (Å²) in [6.45, 7) is 12.1. The van der Waals surface area contributed by atoms with E-state index in [0.717, 1.165) is 51.4 Å². The average molecular weight is 371 g/mol. The highest BCUT2D eigenvalue weighted by Crippen LogP contribution is 2.43. The minimum atomic E-state index is -0.909. The van der Waals surface area contributed by atoms with E-state index < -0.39 is 5.60 Å².